The number of aromatic nitrogens is 1. The topological polar surface area (TPSA) is 79.3 Å². The van der Waals surface area contributed by atoms with E-state index in [-0.39, 0.29) is 10.8 Å². The van der Waals surface area contributed by atoms with E-state index in [1.165, 1.54) is 6.07 Å². The van der Waals surface area contributed by atoms with Gasteiger partial charge in [0.15, 0.2) is 0 Å². The molecule has 0 aliphatic carbocycles. The van der Waals surface area contributed by atoms with Gasteiger partial charge in [-0.2, -0.15) is 0 Å². The fourth-order valence-electron chi connectivity index (χ4n) is 1.96. The van der Waals surface area contributed by atoms with Crippen LogP contribution in [0, 0.1) is 0 Å². The maximum atomic E-state index is 12.4. The van der Waals surface area contributed by atoms with Gasteiger partial charge in [-0.05, 0) is 41.3 Å². The Morgan fingerprint density at radius 1 is 1.24 bits per heavy atom. The van der Waals surface area contributed by atoms with Crippen molar-refractivity contribution in [2.45, 2.75) is 10.8 Å². The molecule has 0 amide bonds. The Bertz CT molecular complexity index is 883. The number of thiophene rings is 1. The van der Waals surface area contributed by atoms with Crippen LogP contribution in [0.5, 0.6) is 0 Å². The number of sulfonamides is 1. The van der Waals surface area contributed by atoms with Gasteiger partial charge in [0, 0.05) is 11.6 Å². The van der Waals surface area contributed by atoms with Crippen molar-refractivity contribution < 1.29 is 13.5 Å². The van der Waals surface area contributed by atoms with E-state index >= 15 is 0 Å². The molecule has 0 radical (unpaired) electrons. The Labute approximate surface area is 125 Å². The molecule has 0 aliphatic heterocycles. The molecule has 0 spiro atoms. The number of hydrogen-bond acceptors (Lipinski definition) is 5. The van der Waals surface area contributed by atoms with E-state index in [9.17, 15) is 8.42 Å². The van der Waals surface area contributed by atoms with Crippen LogP contribution < -0.4 is 4.72 Å². The summed E-state index contributed by atoms with van der Waals surface area (Å²) in [5.74, 6) is 0. The van der Waals surface area contributed by atoms with Crippen LogP contribution in [0.4, 0.5) is 5.69 Å². The molecule has 7 heteroatoms. The highest BCUT2D eigenvalue weighted by molar-refractivity contribution is 7.94. The predicted molar refractivity (Wildman–Crippen MR) is 82.8 cm³/mol. The normalized spacial score (nSPS) is 11.7. The zero-order valence-electron chi connectivity index (χ0n) is 10.9. The SMILES string of the molecule is O=S(=O)(Nc1cccc2ncccc12)c1cc(CO)cs1. The van der Waals surface area contributed by atoms with Gasteiger partial charge in [0.25, 0.3) is 10.0 Å². The van der Waals surface area contributed by atoms with E-state index in [1.54, 1.807) is 29.8 Å². The van der Waals surface area contributed by atoms with E-state index in [2.05, 4.69) is 9.71 Å². The van der Waals surface area contributed by atoms with E-state index in [4.69, 9.17) is 5.11 Å². The molecular weight excluding hydrogens is 308 g/mol. The lowest BCUT2D eigenvalue weighted by Crippen LogP contribution is -2.11. The molecule has 0 saturated heterocycles. The molecule has 2 heterocycles. The first-order valence-electron chi connectivity index (χ1n) is 6.15. The van der Waals surface area contributed by atoms with Crippen molar-refractivity contribution in [1.82, 2.24) is 4.98 Å². The quantitative estimate of drug-likeness (QED) is 0.774. The standard InChI is InChI=1S/C14H12N2O3S2/c17-8-10-7-14(20-9-10)21(18,19)16-13-5-1-4-12-11(13)3-2-6-15-12/h1-7,9,16-17H,8H2. The zero-order chi connectivity index (χ0) is 14.9. The number of nitrogens with one attached hydrogen (secondary N) is 1. The van der Waals surface area contributed by atoms with E-state index in [1.807, 2.05) is 12.1 Å². The highest BCUT2D eigenvalue weighted by Gasteiger charge is 2.18. The Hall–Kier alpha value is -1.96. The lowest BCUT2D eigenvalue weighted by Gasteiger charge is -2.08. The third-order valence-electron chi connectivity index (χ3n) is 2.97. The molecule has 0 aliphatic rings. The summed E-state index contributed by atoms with van der Waals surface area (Å²) < 4.78 is 27.5. The van der Waals surface area contributed by atoms with Crippen LogP contribution in [0.3, 0.4) is 0 Å². The summed E-state index contributed by atoms with van der Waals surface area (Å²) in [6, 6.07) is 10.3. The molecule has 0 fully saturated rings. The summed E-state index contributed by atoms with van der Waals surface area (Å²) in [5, 5.41) is 11.4. The second-order valence-corrected chi connectivity index (χ2v) is 7.23. The Balaban J connectivity index is 2.01. The summed E-state index contributed by atoms with van der Waals surface area (Å²) >= 11 is 1.08. The molecular formula is C14H12N2O3S2. The van der Waals surface area contributed by atoms with Crippen molar-refractivity contribution in [2.75, 3.05) is 4.72 Å². The fraction of sp³-hybridized carbons (Fsp3) is 0.0714. The summed E-state index contributed by atoms with van der Waals surface area (Å²) in [4.78, 5) is 4.20. The van der Waals surface area contributed by atoms with Gasteiger partial charge in [-0.3, -0.25) is 9.71 Å². The fourth-order valence-corrected chi connectivity index (χ4v) is 4.24. The predicted octanol–water partition coefficient (Wildman–Crippen LogP) is 2.59. The molecule has 2 N–H and O–H groups in total. The second-order valence-electron chi connectivity index (χ2n) is 4.41. The minimum absolute atomic E-state index is 0.174. The molecule has 5 nitrogen and oxygen atoms in total. The molecule has 1 aromatic carbocycles. The first-order valence-corrected chi connectivity index (χ1v) is 8.51. The van der Waals surface area contributed by atoms with Crippen molar-refractivity contribution in [2.24, 2.45) is 0 Å². The van der Waals surface area contributed by atoms with Gasteiger partial charge in [0.05, 0.1) is 17.8 Å². The van der Waals surface area contributed by atoms with Crippen molar-refractivity contribution in [3.8, 4) is 0 Å². The molecule has 2 aromatic heterocycles. The van der Waals surface area contributed by atoms with E-state index < -0.39 is 10.0 Å². The van der Waals surface area contributed by atoms with Crippen molar-refractivity contribution in [3.63, 3.8) is 0 Å². The Morgan fingerprint density at radius 3 is 2.86 bits per heavy atom. The number of nitrogens with zero attached hydrogens (tertiary/aromatic N) is 1. The number of fused-ring (bicyclic) bond motifs is 1. The van der Waals surface area contributed by atoms with Gasteiger partial charge in [0.1, 0.15) is 4.21 Å². The molecule has 0 saturated carbocycles. The monoisotopic (exact) mass is 320 g/mol. The number of aliphatic hydroxyl groups excluding tert-OH is 1. The molecule has 0 atom stereocenters. The molecule has 3 aromatic rings. The number of aliphatic hydroxyl groups is 1. The van der Waals surface area contributed by atoms with E-state index in [0.29, 0.717) is 11.3 Å². The van der Waals surface area contributed by atoms with Gasteiger partial charge in [-0.1, -0.05) is 6.07 Å². The maximum Gasteiger partial charge on any atom is 0.271 e. The highest BCUT2D eigenvalue weighted by Crippen LogP contribution is 2.27. The second kappa shape index (κ2) is 5.44. The van der Waals surface area contributed by atoms with Gasteiger partial charge < -0.3 is 5.11 Å². The van der Waals surface area contributed by atoms with Crippen LogP contribution in [0.2, 0.25) is 0 Å². The molecule has 3 rings (SSSR count). The van der Waals surface area contributed by atoms with Crippen molar-refractivity contribution >= 4 is 38.0 Å². The third kappa shape index (κ3) is 2.76. The molecule has 0 bridgehead atoms. The first kappa shape index (κ1) is 14.0. The Kier molecular flexibility index (Phi) is 3.62. The van der Waals surface area contributed by atoms with Gasteiger partial charge in [-0.15, -0.1) is 11.3 Å². The minimum atomic E-state index is -3.66. The average Bonchev–Trinajstić information content (AvgIpc) is 2.97. The van der Waals surface area contributed by atoms with Crippen LogP contribution in [0.25, 0.3) is 10.9 Å². The van der Waals surface area contributed by atoms with Crippen molar-refractivity contribution in [3.05, 3.63) is 53.5 Å². The van der Waals surface area contributed by atoms with Crippen LogP contribution in [-0.2, 0) is 16.6 Å². The summed E-state index contributed by atoms with van der Waals surface area (Å²) in [5.41, 5.74) is 1.79. The zero-order valence-corrected chi connectivity index (χ0v) is 12.5. The highest BCUT2D eigenvalue weighted by atomic mass is 32.2. The van der Waals surface area contributed by atoms with Crippen LogP contribution >= 0.6 is 11.3 Å². The smallest absolute Gasteiger partial charge is 0.271 e. The maximum absolute atomic E-state index is 12.4. The summed E-state index contributed by atoms with van der Waals surface area (Å²) in [6.07, 6.45) is 1.66. The third-order valence-corrected chi connectivity index (χ3v) is 5.82. The first-order chi connectivity index (χ1) is 10.1. The lowest BCUT2D eigenvalue weighted by atomic mass is 10.2. The number of anilines is 1. The minimum Gasteiger partial charge on any atom is -0.392 e. The summed E-state index contributed by atoms with van der Waals surface area (Å²) in [6.45, 7) is -0.176. The number of pyridine rings is 1. The molecule has 108 valence electrons. The lowest BCUT2D eigenvalue weighted by molar-refractivity contribution is 0.282. The van der Waals surface area contributed by atoms with E-state index in [0.717, 1.165) is 22.2 Å². The van der Waals surface area contributed by atoms with Crippen LogP contribution in [0.1, 0.15) is 5.56 Å². The molecule has 21 heavy (non-hydrogen) atoms. The van der Waals surface area contributed by atoms with Crippen LogP contribution in [0.15, 0.2) is 52.2 Å². The summed E-state index contributed by atoms with van der Waals surface area (Å²) in [7, 11) is -3.66. The van der Waals surface area contributed by atoms with Gasteiger partial charge in [0.2, 0.25) is 0 Å². The number of rotatable bonds is 4. The Morgan fingerprint density at radius 2 is 2.10 bits per heavy atom. The number of hydrogen-bond donors (Lipinski definition) is 2. The molecule has 0 unspecified atom stereocenters. The number of benzene rings is 1. The largest absolute Gasteiger partial charge is 0.392 e. The van der Waals surface area contributed by atoms with Crippen LogP contribution in [-0.4, -0.2) is 18.5 Å². The van der Waals surface area contributed by atoms with Gasteiger partial charge >= 0.3 is 0 Å². The van der Waals surface area contributed by atoms with Crippen molar-refractivity contribution in [1.29, 1.82) is 0 Å². The average molecular weight is 320 g/mol. The van der Waals surface area contributed by atoms with Gasteiger partial charge in [-0.25, -0.2) is 8.42 Å².